The number of imide groups is 2. The van der Waals surface area contributed by atoms with Gasteiger partial charge in [0.15, 0.2) is 0 Å². The highest BCUT2D eigenvalue weighted by molar-refractivity contribution is 6.39. The summed E-state index contributed by atoms with van der Waals surface area (Å²) in [4.78, 5) is 49.0. The number of non-ortho nitro benzene ring substituents is 1. The molecule has 1 N–H and O–H groups in total. The van der Waals surface area contributed by atoms with E-state index in [0.29, 0.717) is 17.0 Å². The normalized spacial score (nSPS) is 15.2. The van der Waals surface area contributed by atoms with Crippen LogP contribution in [0.15, 0.2) is 64.6 Å². The molecule has 3 aromatic rings. The van der Waals surface area contributed by atoms with Gasteiger partial charge in [-0.25, -0.2) is 9.69 Å². The van der Waals surface area contributed by atoms with E-state index >= 15 is 0 Å². The Balaban J connectivity index is 1.66. The van der Waals surface area contributed by atoms with Crippen molar-refractivity contribution < 1.29 is 23.7 Å². The lowest BCUT2D eigenvalue weighted by molar-refractivity contribution is -0.384. The Morgan fingerprint density at radius 3 is 2.25 bits per heavy atom. The molecular formula is C23H17N3O6. The number of benzene rings is 2. The number of nitro benzene ring substituents is 1. The third-order valence-corrected chi connectivity index (χ3v) is 4.84. The minimum atomic E-state index is -0.826. The summed E-state index contributed by atoms with van der Waals surface area (Å²) in [6, 6.07) is 13.4. The highest BCUT2D eigenvalue weighted by atomic mass is 16.6. The topological polar surface area (TPSA) is 123 Å². The molecule has 0 unspecified atom stereocenters. The maximum atomic E-state index is 13.0. The van der Waals surface area contributed by atoms with Crippen LogP contribution in [0.5, 0.6) is 0 Å². The molecule has 32 heavy (non-hydrogen) atoms. The summed E-state index contributed by atoms with van der Waals surface area (Å²) in [5.74, 6) is -0.977. The standard InChI is InChI=1S/C23H17N3O6/c1-13-9-14(2)11-17(10-13)25-22(28)19(21(27)24-23(25)29)12-18-7-8-20(32-18)15-3-5-16(6-4-15)26(30)31/h3-12H,1-2H3,(H,24,27,29). The first-order valence-corrected chi connectivity index (χ1v) is 9.57. The molecule has 0 atom stereocenters. The van der Waals surface area contributed by atoms with Crippen molar-refractivity contribution in [3.63, 3.8) is 0 Å². The molecule has 0 aliphatic carbocycles. The fourth-order valence-electron chi connectivity index (χ4n) is 3.45. The molecule has 0 radical (unpaired) electrons. The van der Waals surface area contributed by atoms with Gasteiger partial charge in [0.05, 0.1) is 10.6 Å². The molecule has 2 heterocycles. The number of barbiturate groups is 1. The van der Waals surface area contributed by atoms with E-state index in [2.05, 4.69) is 5.32 Å². The van der Waals surface area contributed by atoms with Crippen LogP contribution in [0.1, 0.15) is 16.9 Å². The van der Waals surface area contributed by atoms with Crippen LogP contribution in [0, 0.1) is 24.0 Å². The van der Waals surface area contributed by atoms with Gasteiger partial charge < -0.3 is 4.42 Å². The number of nitrogens with zero attached hydrogens (tertiary/aromatic N) is 2. The minimum Gasteiger partial charge on any atom is -0.457 e. The van der Waals surface area contributed by atoms with Gasteiger partial charge in [-0.2, -0.15) is 0 Å². The van der Waals surface area contributed by atoms with Gasteiger partial charge in [0.25, 0.3) is 17.5 Å². The van der Waals surface area contributed by atoms with Crippen LogP contribution in [0.4, 0.5) is 16.2 Å². The number of carbonyl (C=O) groups is 3. The van der Waals surface area contributed by atoms with Crippen LogP contribution < -0.4 is 10.2 Å². The first kappa shape index (κ1) is 20.7. The van der Waals surface area contributed by atoms with Crippen molar-refractivity contribution in [3.8, 4) is 11.3 Å². The highest BCUT2D eigenvalue weighted by Gasteiger charge is 2.37. The number of nitrogens with one attached hydrogen (secondary N) is 1. The number of furan rings is 1. The zero-order chi connectivity index (χ0) is 23.0. The van der Waals surface area contributed by atoms with E-state index in [-0.39, 0.29) is 17.0 Å². The van der Waals surface area contributed by atoms with Crippen molar-refractivity contribution in [3.05, 3.63) is 87.2 Å². The summed E-state index contributed by atoms with van der Waals surface area (Å²) in [7, 11) is 0. The number of amides is 4. The molecule has 2 aromatic carbocycles. The third-order valence-electron chi connectivity index (χ3n) is 4.84. The molecule has 4 rings (SSSR count). The maximum Gasteiger partial charge on any atom is 0.335 e. The van der Waals surface area contributed by atoms with E-state index in [1.165, 1.54) is 30.3 Å². The summed E-state index contributed by atoms with van der Waals surface area (Å²) in [5, 5.41) is 13.0. The Morgan fingerprint density at radius 1 is 0.969 bits per heavy atom. The average Bonchev–Trinajstić information content (AvgIpc) is 3.19. The second-order valence-corrected chi connectivity index (χ2v) is 7.31. The molecule has 1 saturated heterocycles. The zero-order valence-electron chi connectivity index (χ0n) is 17.1. The zero-order valence-corrected chi connectivity index (χ0v) is 17.1. The molecule has 0 saturated carbocycles. The molecule has 1 aliphatic heterocycles. The summed E-state index contributed by atoms with van der Waals surface area (Å²) in [5.41, 5.74) is 2.36. The van der Waals surface area contributed by atoms with Crippen LogP contribution >= 0.6 is 0 Å². The number of anilines is 1. The number of nitro groups is 1. The molecule has 9 nitrogen and oxygen atoms in total. The van der Waals surface area contributed by atoms with Crippen LogP contribution in [-0.2, 0) is 9.59 Å². The maximum absolute atomic E-state index is 13.0. The second-order valence-electron chi connectivity index (χ2n) is 7.31. The number of carbonyl (C=O) groups excluding carboxylic acids is 3. The molecule has 0 bridgehead atoms. The van der Waals surface area contributed by atoms with E-state index in [9.17, 15) is 24.5 Å². The van der Waals surface area contributed by atoms with E-state index in [1.54, 1.807) is 24.3 Å². The Kier molecular flexibility index (Phi) is 5.15. The third kappa shape index (κ3) is 3.91. The van der Waals surface area contributed by atoms with Crippen molar-refractivity contribution >= 4 is 35.3 Å². The predicted octanol–water partition coefficient (Wildman–Crippen LogP) is 4.14. The summed E-state index contributed by atoms with van der Waals surface area (Å²) in [6.07, 6.45) is 1.26. The fraction of sp³-hybridized carbons (Fsp3) is 0.0870. The minimum absolute atomic E-state index is 0.0525. The van der Waals surface area contributed by atoms with Crippen LogP contribution in [-0.4, -0.2) is 22.8 Å². The first-order chi connectivity index (χ1) is 15.2. The van der Waals surface area contributed by atoms with E-state index in [4.69, 9.17) is 4.42 Å². The van der Waals surface area contributed by atoms with Crippen molar-refractivity contribution in [1.82, 2.24) is 5.32 Å². The number of rotatable bonds is 4. The molecule has 9 heteroatoms. The van der Waals surface area contributed by atoms with Gasteiger partial charge in [-0.1, -0.05) is 6.07 Å². The molecule has 160 valence electrons. The van der Waals surface area contributed by atoms with Gasteiger partial charge in [0.1, 0.15) is 17.1 Å². The van der Waals surface area contributed by atoms with Gasteiger partial charge in [-0.05, 0) is 67.4 Å². The first-order valence-electron chi connectivity index (χ1n) is 9.57. The van der Waals surface area contributed by atoms with Gasteiger partial charge >= 0.3 is 6.03 Å². The van der Waals surface area contributed by atoms with Gasteiger partial charge in [0, 0.05) is 17.7 Å². The Labute approximate surface area is 182 Å². The van der Waals surface area contributed by atoms with Crippen molar-refractivity contribution in [2.24, 2.45) is 0 Å². The lowest BCUT2D eigenvalue weighted by Gasteiger charge is -2.26. The lowest BCUT2D eigenvalue weighted by atomic mass is 10.1. The molecule has 1 fully saturated rings. The van der Waals surface area contributed by atoms with Gasteiger partial charge in [-0.15, -0.1) is 0 Å². The van der Waals surface area contributed by atoms with Crippen molar-refractivity contribution in [2.75, 3.05) is 4.90 Å². The lowest BCUT2D eigenvalue weighted by Crippen LogP contribution is -2.54. The summed E-state index contributed by atoms with van der Waals surface area (Å²) >= 11 is 0. The molecular weight excluding hydrogens is 414 g/mol. The highest BCUT2D eigenvalue weighted by Crippen LogP contribution is 2.27. The van der Waals surface area contributed by atoms with Crippen LogP contribution in [0.25, 0.3) is 17.4 Å². The van der Waals surface area contributed by atoms with E-state index < -0.39 is 22.8 Å². The van der Waals surface area contributed by atoms with Crippen LogP contribution in [0.3, 0.4) is 0 Å². The Bertz CT molecular complexity index is 1280. The summed E-state index contributed by atoms with van der Waals surface area (Å²) in [6.45, 7) is 3.68. The Hall–Kier alpha value is -4.53. The van der Waals surface area contributed by atoms with E-state index in [0.717, 1.165) is 16.0 Å². The molecule has 1 aliphatic rings. The summed E-state index contributed by atoms with van der Waals surface area (Å²) < 4.78 is 5.69. The van der Waals surface area contributed by atoms with Crippen molar-refractivity contribution in [2.45, 2.75) is 13.8 Å². The predicted molar refractivity (Wildman–Crippen MR) is 116 cm³/mol. The number of aryl methyl sites for hydroxylation is 2. The smallest absolute Gasteiger partial charge is 0.335 e. The fourth-order valence-corrected chi connectivity index (χ4v) is 3.45. The molecule has 0 spiro atoms. The molecule has 4 amide bonds. The number of hydrogen-bond donors (Lipinski definition) is 1. The largest absolute Gasteiger partial charge is 0.457 e. The SMILES string of the molecule is Cc1cc(C)cc(N2C(=O)NC(=O)C(=Cc3ccc(-c4ccc([N+](=O)[O-])cc4)o3)C2=O)c1. The van der Waals surface area contributed by atoms with Gasteiger partial charge in [-0.3, -0.25) is 25.0 Å². The average molecular weight is 431 g/mol. The van der Waals surface area contributed by atoms with E-state index in [1.807, 2.05) is 19.9 Å². The quantitative estimate of drug-likeness (QED) is 0.287. The molecule has 1 aromatic heterocycles. The van der Waals surface area contributed by atoms with Gasteiger partial charge in [0.2, 0.25) is 0 Å². The Morgan fingerprint density at radius 2 is 1.62 bits per heavy atom. The number of hydrogen-bond acceptors (Lipinski definition) is 6. The van der Waals surface area contributed by atoms with Crippen molar-refractivity contribution in [1.29, 1.82) is 0 Å². The van der Waals surface area contributed by atoms with Crippen LogP contribution in [0.2, 0.25) is 0 Å². The second kappa shape index (κ2) is 7.95. The monoisotopic (exact) mass is 431 g/mol. The number of urea groups is 1.